The summed E-state index contributed by atoms with van der Waals surface area (Å²) < 4.78 is 6.44. The molecule has 0 radical (unpaired) electrons. The van der Waals surface area contributed by atoms with Crippen LogP contribution in [0.3, 0.4) is 0 Å². The molecule has 0 saturated heterocycles. The second-order valence-electron chi connectivity index (χ2n) is 4.79. The van der Waals surface area contributed by atoms with Crippen molar-refractivity contribution in [1.82, 2.24) is 5.32 Å². The number of halogens is 1. The molecule has 0 aliphatic carbocycles. The van der Waals surface area contributed by atoms with Crippen LogP contribution in [0.4, 0.5) is 0 Å². The lowest BCUT2D eigenvalue weighted by Gasteiger charge is -2.14. The van der Waals surface area contributed by atoms with Gasteiger partial charge in [0.25, 0.3) is 0 Å². The van der Waals surface area contributed by atoms with Gasteiger partial charge in [-0.05, 0) is 41.3 Å². The first-order valence-electron chi connectivity index (χ1n) is 6.41. The number of benzene rings is 2. The molecule has 0 bridgehead atoms. The first-order valence-corrected chi connectivity index (χ1v) is 7.21. The van der Waals surface area contributed by atoms with Crippen molar-refractivity contribution in [2.75, 3.05) is 7.11 Å². The number of fused-ring (bicyclic) bond motifs is 1. The van der Waals surface area contributed by atoms with Crippen LogP contribution in [0, 0.1) is 0 Å². The predicted molar refractivity (Wildman–Crippen MR) is 80.4 cm³/mol. The van der Waals surface area contributed by atoms with Crippen molar-refractivity contribution in [1.29, 1.82) is 0 Å². The van der Waals surface area contributed by atoms with Gasteiger partial charge in [-0.2, -0.15) is 0 Å². The minimum Gasteiger partial charge on any atom is -0.497 e. The lowest BCUT2D eigenvalue weighted by molar-refractivity contribution is 0.414. The molecule has 1 aliphatic heterocycles. The molecule has 2 aromatic rings. The molecular weight excluding hydrogens is 302 g/mol. The smallest absolute Gasteiger partial charge is 0.119 e. The Bertz CT molecular complexity index is 597. The van der Waals surface area contributed by atoms with Crippen LogP contribution in [0.25, 0.3) is 0 Å². The van der Waals surface area contributed by atoms with Crippen LogP contribution >= 0.6 is 15.9 Å². The minimum absolute atomic E-state index is 0.389. The summed E-state index contributed by atoms with van der Waals surface area (Å²) in [6, 6.07) is 15.1. The summed E-state index contributed by atoms with van der Waals surface area (Å²) in [5, 5.41) is 3.57. The maximum Gasteiger partial charge on any atom is 0.119 e. The Balaban J connectivity index is 1.87. The summed E-state index contributed by atoms with van der Waals surface area (Å²) in [6.45, 7) is 0.961. The molecule has 1 atom stereocenters. The van der Waals surface area contributed by atoms with Crippen molar-refractivity contribution in [3.05, 3.63) is 63.6 Å². The van der Waals surface area contributed by atoms with Crippen molar-refractivity contribution >= 4 is 15.9 Å². The highest BCUT2D eigenvalue weighted by Gasteiger charge is 2.22. The largest absolute Gasteiger partial charge is 0.497 e. The van der Waals surface area contributed by atoms with Gasteiger partial charge in [-0.3, -0.25) is 0 Å². The highest BCUT2D eigenvalue weighted by atomic mass is 79.9. The highest BCUT2D eigenvalue weighted by Crippen LogP contribution is 2.31. The molecule has 1 heterocycles. The van der Waals surface area contributed by atoms with Crippen molar-refractivity contribution in [2.45, 2.75) is 19.0 Å². The normalized spacial score (nSPS) is 17.3. The SMILES string of the molecule is COc1ccc(Br)c(CC2NCc3ccccc32)c1. The molecule has 1 unspecified atom stereocenters. The summed E-state index contributed by atoms with van der Waals surface area (Å²) in [4.78, 5) is 0. The monoisotopic (exact) mass is 317 g/mol. The first-order chi connectivity index (χ1) is 9.28. The molecule has 2 aromatic carbocycles. The molecule has 0 saturated carbocycles. The van der Waals surface area contributed by atoms with E-state index in [1.165, 1.54) is 16.7 Å². The fourth-order valence-corrected chi connectivity index (χ4v) is 3.02. The quantitative estimate of drug-likeness (QED) is 0.928. The molecule has 1 aliphatic rings. The Morgan fingerprint density at radius 1 is 1.26 bits per heavy atom. The van der Waals surface area contributed by atoms with Crippen molar-refractivity contribution in [2.24, 2.45) is 0 Å². The van der Waals surface area contributed by atoms with Crippen LogP contribution in [-0.2, 0) is 13.0 Å². The Morgan fingerprint density at radius 3 is 2.95 bits per heavy atom. The number of ether oxygens (including phenoxy) is 1. The molecule has 0 spiro atoms. The Hall–Kier alpha value is -1.32. The number of rotatable bonds is 3. The average Bonchev–Trinajstić information content (AvgIpc) is 2.85. The molecule has 19 heavy (non-hydrogen) atoms. The van der Waals surface area contributed by atoms with Gasteiger partial charge in [0.05, 0.1) is 7.11 Å². The molecule has 98 valence electrons. The predicted octanol–water partition coefficient (Wildman–Crippen LogP) is 3.84. The summed E-state index contributed by atoms with van der Waals surface area (Å²) >= 11 is 3.62. The van der Waals surface area contributed by atoms with Crippen LogP contribution in [0.2, 0.25) is 0 Å². The van der Waals surface area contributed by atoms with Crippen LogP contribution < -0.4 is 10.1 Å². The van der Waals surface area contributed by atoms with E-state index < -0.39 is 0 Å². The van der Waals surface area contributed by atoms with Crippen molar-refractivity contribution < 1.29 is 4.74 Å². The maximum absolute atomic E-state index is 5.30. The highest BCUT2D eigenvalue weighted by molar-refractivity contribution is 9.10. The minimum atomic E-state index is 0.389. The van der Waals surface area contributed by atoms with E-state index in [1.54, 1.807) is 7.11 Å². The van der Waals surface area contributed by atoms with E-state index in [9.17, 15) is 0 Å². The van der Waals surface area contributed by atoms with E-state index in [0.717, 1.165) is 23.2 Å². The second-order valence-corrected chi connectivity index (χ2v) is 5.65. The third kappa shape index (κ3) is 2.53. The molecule has 3 heteroatoms. The number of nitrogens with one attached hydrogen (secondary N) is 1. The summed E-state index contributed by atoms with van der Waals surface area (Å²) in [5.41, 5.74) is 4.09. The standard InChI is InChI=1S/C16H16BrNO/c1-19-13-6-7-15(17)12(8-13)9-16-14-5-3-2-4-11(14)10-18-16/h2-8,16,18H,9-10H2,1H3. The number of methoxy groups -OCH3 is 1. The van der Waals surface area contributed by atoms with E-state index in [-0.39, 0.29) is 0 Å². The fraction of sp³-hybridized carbons (Fsp3) is 0.250. The van der Waals surface area contributed by atoms with Crippen molar-refractivity contribution in [3.8, 4) is 5.75 Å². The van der Waals surface area contributed by atoms with E-state index in [0.29, 0.717) is 6.04 Å². The van der Waals surface area contributed by atoms with Gasteiger partial charge in [-0.25, -0.2) is 0 Å². The topological polar surface area (TPSA) is 21.3 Å². The fourth-order valence-electron chi connectivity index (χ4n) is 2.61. The van der Waals surface area contributed by atoms with E-state index in [2.05, 4.69) is 57.6 Å². The van der Waals surface area contributed by atoms with Gasteiger partial charge in [-0.15, -0.1) is 0 Å². The second kappa shape index (κ2) is 5.35. The van der Waals surface area contributed by atoms with Gasteiger partial charge in [0, 0.05) is 17.1 Å². The van der Waals surface area contributed by atoms with Crippen LogP contribution in [0.1, 0.15) is 22.7 Å². The lowest BCUT2D eigenvalue weighted by atomic mass is 9.98. The van der Waals surface area contributed by atoms with Gasteiger partial charge >= 0.3 is 0 Å². The van der Waals surface area contributed by atoms with Crippen molar-refractivity contribution in [3.63, 3.8) is 0 Å². The zero-order chi connectivity index (χ0) is 13.2. The summed E-state index contributed by atoms with van der Waals surface area (Å²) in [7, 11) is 1.70. The van der Waals surface area contributed by atoms with Crippen LogP contribution in [0.15, 0.2) is 46.9 Å². The Morgan fingerprint density at radius 2 is 2.11 bits per heavy atom. The molecular formula is C16H16BrNO. The van der Waals surface area contributed by atoms with E-state index >= 15 is 0 Å². The number of hydrogen-bond acceptors (Lipinski definition) is 2. The van der Waals surface area contributed by atoms with E-state index in [4.69, 9.17) is 4.74 Å². The van der Waals surface area contributed by atoms with Crippen LogP contribution in [-0.4, -0.2) is 7.11 Å². The third-order valence-corrected chi connectivity index (χ3v) is 4.42. The molecule has 3 rings (SSSR count). The van der Waals surface area contributed by atoms with Gasteiger partial charge in [0.2, 0.25) is 0 Å². The zero-order valence-corrected chi connectivity index (χ0v) is 12.4. The molecule has 0 amide bonds. The van der Waals surface area contributed by atoms with Crippen LogP contribution in [0.5, 0.6) is 5.75 Å². The number of hydrogen-bond donors (Lipinski definition) is 1. The van der Waals surface area contributed by atoms with E-state index in [1.807, 2.05) is 6.07 Å². The Kier molecular flexibility index (Phi) is 3.58. The zero-order valence-electron chi connectivity index (χ0n) is 10.8. The molecule has 2 nitrogen and oxygen atoms in total. The average molecular weight is 318 g/mol. The van der Waals surface area contributed by atoms with Gasteiger partial charge in [-0.1, -0.05) is 40.2 Å². The molecule has 0 fully saturated rings. The summed E-state index contributed by atoms with van der Waals surface area (Å²) in [5.74, 6) is 0.907. The lowest BCUT2D eigenvalue weighted by Crippen LogP contribution is -2.14. The summed E-state index contributed by atoms with van der Waals surface area (Å²) in [6.07, 6.45) is 0.967. The molecule has 0 aromatic heterocycles. The Labute approximate surface area is 121 Å². The molecule has 1 N–H and O–H groups in total. The van der Waals surface area contributed by atoms with Gasteiger partial charge in [0.1, 0.15) is 5.75 Å². The van der Waals surface area contributed by atoms with Gasteiger partial charge in [0.15, 0.2) is 0 Å². The maximum atomic E-state index is 5.30. The first kappa shape index (κ1) is 12.7. The third-order valence-electron chi connectivity index (χ3n) is 3.65. The van der Waals surface area contributed by atoms with Gasteiger partial charge < -0.3 is 10.1 Å².